The lowest BCUT2D eigenvalue weighted by atomic mass is 9.97. The van der Waals surface area contributed by atoms with Gasteiger partial charge in [-0.15, -0.1) is 11.8 Å². The lowest BCUT2D eigenvalue weighted by molar-refractivity contribution is -0.145. The van der Waals surface area contributed by atoms with E-state index in [1.54, 1.807) is 29.2 Å². The summed E-state index contributed by atoms with van der Waals surface area (Å²) in [6, 6.07) is 6.71. The van der Waals surface area contributed by atoms with Gasteiger partial charge < -0.3 is 15.1 Å². The highest BCUT2D eigenvalue weighted by Gasteiger charge is 2.26. The second-order valence-corrected chi connectivity index (χ2v) is 5.82. The first-order chi connectivity index (χ1) is 9.56. The van der Waals surface area contributed by atoms with Gasteiger partial charge in [0.05, 0.1) is 11.7 Å². The number of carbonyl (C=O) groups excluding carboxylic acids is 1. The van der Waals surface area contributed by atoms with Gasteiger partial charge in [-0.25, -0.2) is 0 Å². The first-order valence-corrected chi connectivity index (χ1v) is 7.47. The summed E-state index contributed by atoms with van der Waals surface area (Å²) >= 11 is 1.42. The Morgan fingerprint density at radius 1 is 1.20 bits per heavy atom. The Kier molecular flexibility index (Phi) is 4.89. The molecule has 6 heteroatoms. The standard InChI is InChI=1S/C14H17NO4S/c16-11-1-3-12(4-2-11)20-9-13(17)15-7-5-10(6-8-15)14(18)19/h1-4,10,16H,5-9H2,(H,18,19). The number of carboxylic acids is 1. The molecule has 0 atom stereocenters. The van der Waals surface area contributed by atoms with Gasteiger partial charge in [0.25, 0.3) is 0 Å². The molecule has 1 heterocycles. The Morgan fingerprint density at radius 3 is 2.35 bits per heavy atom. The van der Waals surface area contributed by atoms with Crippen molar-refractivity contribution in [1.29, 1.82) is 0 Å². The molecule has 1 aromatic carbocycles. The molecule has 1 aliphatic heterocycles. The Hall–Kier alpha value is -1.69. The van der Waals surface area contributed by atoms with Gasteiger partial charge in [-0.3, -0.25) is 9.59 Å². The molecular formula is C14H17NO4S. The van der Waals surface area contributed by atoms with E-state index in [4.69, 9.17) is 5.11 Å². The SMILES string of the molecule is O=C(O)C1CCN(C(=O)CSc2ccc(O)cc2)CC1. The van der Waals surface area contributed by atoms with E-state index in [0.717, 1.165) is 4.90 Å². The fourth-order valence-electron chi connectivity index (χ4n) is 2.15. The van der Waals surface area contributed by atoms with Crippen molar-refractivity contribution < 1.29 is 19.8 Å². The molecule has 1 amide bonds. The number of hydrogen-bond donors (Lipinski definition) is 2. The highest BCUT2D eigenvalue weighted by molar-refractivity contribution is 8.00. The van der Waals surface area contributed by atoms with Crippen LogP contribution in [0.4, 0.5) is 0 Å². The molecule has 0 saturated carbocycles. The highest BCUT2D eigenvalue weighted by atomic mass is 32.2. The van der Waals surface area contributed by atoms with E-state index in [1.807, 2.05) is 0 Å². The second kappa shape index (κ2) is 6.65. The number of hydrogen-bond acceptors (Lipinski definition) is 4. The predicted molar refractivity (Wildman–Crippen MR) is 75.8 cm³/mol. The number of likely N-dealkylation sites (tertiary alicyclic amines) is 1. The van der Waals surface area contributed by atoms with E-state index in [1.165, 1.54) is 11.8 Å². The number of rotatable bonds is 4. The quantitative estimate of drug-likeness (QED) is 0.828. The average Bonchev–Trinajstić information content (AvgIpc) is 2.46. The minimum Gasteiger partial charge on any atom is -0.508 e. The van der Waals surface area contributed by atoms with Gasteiger partial charge in [0, 0.05) is 18.0 Å². The van der Waals surface area contributed by atoms with Gasteiger partial charge in [0.15, 0.2) is 0 Å². The van der Waals surface area contributed by atoms with Crippen molar-refractivity contribution in [2.24, 2.45) is 5.92 Å². The average molecular weight is 295 g/mol. The van der Waals surface area contributed by atoms with Crippen molar-refractivity contribution in [1.82, 2.24) is 4.90 Å². The topological polar surface area (TPSA) is 77.8 Å². The number of carboxylic acid groups (broad SMARTS) is 1. The Bertz CT molecular complexity index is 480. The summed E-state index contributed by atoms with van der Waals surface area (Å²) in [4.78, 5) is 25.5. The van der Waals surface area contributed by atoms with Gasteiger partial charge in [0.2, 0.25) is 5.91 Å². The number of nitrogens with zero attached hydrogens (tertiary/aromatic N) is 1. The Balaban J connectivity index is 1.78. The smallest absolute Gasteiger partial charge is 0.306 e. The normalized spacial score (nSPS) is 16.1. The van der Waals surface area contributed by atoms with Crippen LogP contribution < -0.4 is 0 Å². The van der Waals surface area contributed by atoms with Crippen LogP contribution in [0.5, 0.6) is 5.75 Å². The maximum atomic E-state index is 12.0. The third-order valence-corrected chi connectivity index (χ3v) is 4.39. The summed E-state index contributed by atoms with van der Waals surface area (Å²) in [6.45, 7) is 1.04. The molecule has 0 radical (unpaired) electrons. The minimum absolute atomic E-state index is 0.0342. The van der Waals surface area contributed by atoms with E-state index >= 15 is 0 Å². The number of phenolic OH excluding ortho intramolecular Hbond substituents is 1. The van der Waals surface area contributed by atoms with Crippen molar-refractivity contribution in [3.05, 3.63) is 24.3 Å². The number of aliphatic carboxylic acids is 1. The molecule has 20 heavy (non-hydrogen) atoms. The van der Waals surface area contributed by atoms with Crippen LogP contribution in [0.1, 0.15) is 12.8 Å². The van der Waals surface area contributed by atoms with E-state index < -0.39 is 5.97 Å². The molecule has 108 valence electrons. The molecule has 0 unspecified atom stereocenters. The zero-order valence-electron chi connectivity index (χ0n) is 11.0. The molecule has 0 bridgehead atoms. The summed E-state index contributed by atoms with van der Waals surface area (Å²) < 4.78 is 0. The maximum absolute atomic E-state index is 12.0. The van der Waals surface area contributed by atoms with Crippen LogP contribution >= 0.6 is 11.8 Å². The van der Waals surface area contributed by atoms with Crippen LogP contribution in [0.15, 0.2) is 29.2 Å². The molecule has 1 saturated heterocycles. The number of phenols is 1. The molecule has 1 aliphatic rings. The number of amides is 1. The monoisotopic (exact) mass is 295 g/mol. The fourth-order valence-corrected chi connectivity index (χ4v) is 2.96. The summed E-state index contributed by atoms with van der Waals surface area (Å²) in [5.74, 6) is -0.509. The molecule has 1 aromatic rings. The maximum Gasteiger partial charge on any atom is 0.306 e. The predicted octanol–water partition coefficient (Wildman–Crippen LogP) is 1.81. The molecule has 1 fully saturated rings. The van der Waals surface area contributed by atoms with Crippen molar-refractivity contribution >= 4 is 23.6 Å². The van der Waals surface area contributed by atoms with Crippen LogP contribution in [0.25, 0.3) is 0 Å². The van der Waals surface area contributed by atoms with Crippen LogP contribution in [-0.2, 0) is 9.59 Å². The number of carbonyl (C=O) groups is 2. The van der Waals surface area contributed by atoms with Gasteiger partial charge in [0.1, 0.15) is 5.75 Å². The lowest BCUT2D eigenvalue weighted by Gasteiger charge is -2.30. The first kappa shape index (κ1) is 14.7. The number of piperidine rings is 1. The van der Waals surface area contributed by atoms with Crippen LogP contribution in [0, 0.1) is 5.92 Å². The summed E-state index contributed by atoms with van der Waals surface area (Å²) in [5.41, 5.74) is 0. The molecular weight excluding hydrogens is 278 g/mol. The third kappa shape index (κ3) is 3.90. The summed E-state index contributed by atoms with van der Waals surface area (Å²) in [6.07, 6.45) is 1.07. The highest BCUT2D eigenvalue weighted by Crippen LogP contribution is 2.22. The number of benzene rings is 1. The van der Waals surface area contributed by atoms with Crippen LogP contribution in [0.2, 0.25) is 0 Å². The van der Waals surface area contributed by atoms with Crippen LogP contribution in [-0.4, -0.2) is 45.8 Å². The second-order valence-electron chi connectivity index (χ2n) is 4.78. The summed E-state index contributed by atoms with van der Waals surface area (Å²) in [5, 5.41) is 18.1. The zero-order valence-corrected chi connectivity index (χ0v) is 11.8. The van der Waals surface area contributed by atoms with Gasteiger partial charge in [-0.1, -0.05) is 0 Å². The van der Waals surface area contributed by atoms with Crippen molar-refractivity contribution in [3.8, 4) is 5.75 Å². The minimum atomic E-state index is -0.768. The van der Waals surface area contributed by atoms with Gasteiger partial charge >= 0.3 is 5.97 Å². The van der Waals surface area contributed by atoms with Crippen molar-refractivity contribution in [2.75, 3.05) is 18.8 Å². The largest absolute Gasteiger partial charge is 0.508 e. The molecule has 0 spiro atoms. The third-order valence-electron chi connectivity index (χ3n) is 3.40. The number of aromatic hydroxyl groups is 1. The van der Waals surface area contributed by atoms with Gasteiger partial charge in [-0.2, -0.15) is 0 Å². The van der Waals surface area contributed by atoms with Crippen molar-refractivity contribution in [2.45, 2.75) is 17.7 Å². The van der Waals surface area contributed by atoms with E-state index in [2.05, 4.69) is 0 Å². The first-order valence-electron chi connectivity index (χ1n) is 6.48. The molecule has 0 aromatic heterocycles. The van der Waals surface area contributed by atoms with E-state index in [0.29, 0.717) is 31.7 Å². The van der Waals surface area contributed by atoms with E-state index in [-0.39, 0.29) is 17.6 Å². The molecule has 5 nitrogen and oxygen atoms in total. The van der Waals surface area contributed by atoms with E-state index in [9.17, 15) is 14.7 Å². The van der Waals surface area contributed by atoms with Crippen LogP contribution in [0.3, 0.4) is 0 Å². The summed E-state index contributed by atoms with van der Waals surface area (Å²) in [7, 11) is 0. The Morgan fingerprint density at radius 2 is 1.80 bits per heavy atom. The molecule has 2 N–H and O–H groups in total. The Labute approximate surface area is 121 Å². The van der Waals surface area contributed by atoms with Gasteiger partial charge in [-0.05, 0) is 37.1 Å². The fraction of sp³-hybridized carbons (Fsp3) is 0.429. The molecule has 2 rings (SSSR count). The number of thioether (sulfide) groups is 1. The lowest BCUT2D eigenvalue weighted by Crippen LogP contribution is -2.41. The van der Waals surface area contributed by atoms with Crippen molar-refractivity contribution in [3.63, 3.8) is 0 Å². The molecule has 0 aliphatic carbocycles. The zero-order chi connectivity index (χ0) is 14.5.